The first kappa shape index (κ1) is 22.1. The number of carbonyl (C=O) groups is 1. The Kier molecular flexibility index (Phi) is 6.34. The number of rotatable bonds is 6. The molecule has 1 amide bonds. The van der Waals surface area contributed by atoms with Gasteiger partial charge in [0.2, 0.25) is 0 Å². The summed E-state index contributed by atoms with van der Waals surface area (Å²) in [5.41, 5.74) is 4.33. The first-order valence-corrected chi connectivity index (χ1v) is 11.3. The third kappa shape index (κ3) is 4.42. The molecule has 2 heterocycles. The summed E-state index contributed by atoms with van der Waals surface area (Å²) in [4.78, 5) is 21.6. The maximum Gasteiger partial charge on any atom is 0.412 e. The summed E-state index contributed by atoms with van der Waals surface area (Å²) in [6.07, 6.45) is 0.319. The second kappa shape index (κ2) is 9.18. The lowest BCUT2D eigenvalue weighted by Gasteiger charge is -2.07. The summed E-state index contributed by atoms with van der Waals surface area (Å²) in [6.45, 7) is 4.05. The van der Waals surface area contributed by atoms with Crippen molar-refractivity contribution in [2.45, 2.75) is 26.9 Å². The molecule has 2 aromatic heterocycles. The third-order valence-electron chi connectivity index (χ3n) is 5.13. The van der Waals surface area contributed by atoms with Gasteiger partial charge in [0.1, 0.15) is 28.2 Å². The van der Waals surface area contributed by atoms with Crippen LogP contribution in [-0.2, 0) is 24.8 Å². The average molecular weight is 471 g/mol. The minimum atomic E-state index is -0.540. The van der Waals surface area contributed by atoms with Gasteiger partial charge >= 0.3 is 6.09 Å². The van der Waals surface area contributed by atoms with Crippen LogP contribution >= 0.6 is 22.9 Å². The summed E-state index contributed by atoms with van der Waals surface area (Å²) < 4.78 is 12.9. The van der Waals surface area contributed by atoms with Gasteiger partial charge in [-0.15, -0.1) is 0 Å². The normalized spacial score (nSPS) is 11.0. The maximum absolute atomic E-state index is 12.4. The summed E-state index contributed by atoms with van der Waals surface area (Å²) in [7, 11) is 3.58. The van der Waals surface area contributed by atoms with Crippen molar-refractivity contribution in [1.82, 2.24) is 14.5 Å². The fourth-order valence-electron chi connectivity index (χ4n) is 3.45. The lowest BCUT2D eigenvalue weighted by molar-refractivity contribution is 0.155. The number of anilines is 1. The number of methoxy groups -OCH3 is 1. The van der Waals surface area contributed by atoms with Crippen LogP contribution < -0.4 is 10.1 Å². The monoisotopic (exact) mass is 470 g/mol. The SMILES string of the molecule is CCc1nc2cc(COC(=O)Nc3sc(-c4ccc(Cl)cc4OC)nc3C)ccc2n1C. The number of hydrogen-bond acceptors (Lipinski definition) is 6. The van der Waals surface area contributed by atoms with Gasteiger partial charge in [-0.05, 0) is 42.8 Å². The van der Waals surface area contributed by atoms with Gasteiger partial charge in [-0.25, -0.2) is 14.8 Å². The largest absolute Gasteiger partial charge is 0.496 e. The number of fused-ring (bicyclic) bond motifs is 1. The van der Waals surface area contributed by atoms with E-state index in [9.17, 15) is 4.79 Å². The minimum Gasteiger partial charge on any atom is -0.496 e. The molecule has 2 aromatic carbocycles. The van der Waals surface area contributed by atoms with Crippen LogP contribution in [0, 0.1) is 6.92 Å². The zero-order valence-electron chi connectivity index (χ0n) is 18.2. The van der Waals surface area contributed by atoms with E-state index < -0.39 is 6.09 Å². The Morgan fingerprint density at radius 1 is 1.22 bits per heavy atom. The second-order valence-electron chi connectivity index (χ2n) is 7.24. The highest BCUT2D eigenvalue weighted by Gasteiger charge is 2.16. The first-order valence-electron chi connectivity index (χ1n) is 10.1. The van der Waals surface area contributed by atoms with E-state index in [-0.39, 0.29) is 6.61 Å². The van der Waals surface area contributed by atoms with E-state index in [2.05, 4.69) is 26.8 Å². The van der Waals surface area contributed by atoms with Crippen LogP contribution in [0.2, 0.25) is 5.02 Å². The summed E-state index contributed by atoms with van der Waals surface area (Å²) in [6, 6.07) is 11.2. The van der Waals surface area contributed by atoms with Gasteiger partial charge in [0.25, 0.3) is 0 Å². The highest BCUT2D eigenvalue weighted by molar-refractivity contribution is 7.19. The molecule has 0 fully saturated rings. The molecular weight excluding hydrogens is 448 g/mol. The number of amides is 1. The standard InChI is InChI=1S/C23H23ClN4O3S/c1-5-20-26-17-10-14(6-9-18(17)28(20)3)12-31-23(29)27-21-13(2)25-22(32-21)16-8-7-15(24)11-19(16)30-4/h6-11H,5,12H2,1-4H3,(H,27,29). The Balaban J connectivity index is 1.44. The van der Waals surface area contributed by atoms with Crippen LogP contribution in [0.25, 0.3) is 21.6 Å². The molecule has 4 aromatic rings. The minimum absolute atomic E-state index is 0.148. The number of halogens is 1. The van der Waals surface area contributed by atoms with E-state index in [1.165, 1.54) is 11.3 Å². The predicted octanol–water partition coefficient (Wildman–Crippen LogP) is 5.98. The summed E-state index contributed by atoms with van der Waals surface area (Å²) in [5, 5.41) is 4.71. The molecule has 9 heteroatoms. The number of ether oxygens (including phenoxy) is 2. The smallest absolute Gasteiger partial charge is 0.412 e. The zero-order chi connectivity index (χ0) is 22.8. The molecule has 0 saturated carbocycles. The van der Waals surface area contributed by atoms with Crippen molar-refractivity contribution >= 4 is 45.1 Å². The van der Waals surface area contributed by atoms with Crippen LogP contribution in [0.1, 0.15) is 24.0 Å². The van der Waals surface area contributed by atoms with Gasteiger partial charge in [-0.3, -0.25) is 5.32 Å². The van der Waals surface area contributed by atoms with E-state index in [1.807, 2.05) is 38.2 Å². The van der Waals surface area contributed by atoms with Crippen LogP contribution in [0.5, 0.6) is 5.75 Å². The molecule has 166 valence electrons. The molecule has 7 nitrogen and oxygen atoms in total. The van der Waals surface area contributed by atoms with Crippen molar-refractivity contribution < 1.29 is 14.3 Å². The Bertz CT molecular complexity index is 1300. The molecule has 0 radical (unpaired) electrons. The van der Waals surface area contributed by atoms with E-state index in [0.717, 1.165) is 39.4 Å². The quantitative estimate of drug-likeness (QED) is 0.375. The van der Waals surface area contributed by atoms with E-state index >= 15 is 0 Å². The number of imidazole rings is 1. The molecule has 0 aliphatic carbocycles. The van der Waals surface area contributed by atoms with Gasteiger partial charge < -0.3 is 14.0 Å². The number of aryl methyl sites for hydroxylation is 3. The third-order valence-corrected chi connectivity index (χ3v) is 6.47. The lowest BCUT2D eigenvalue weighted by Crippen LogP contribution is -2.13. The average Bonchev–Trinajstić information content (AvgIpc) is 3.30. The number of benzene rings is 2. The molecule has 0 spiro atoms. The Labute approximate surface area is 195 Å². The van der Waals surface area contributed by atoms with Crippen LogP contribution in [-0.4, -0.2) is 27.7 Å². The van der Waals surface area contributed by atoms with Crippen molar-refractivity contribution in [3.8, 4) is 16.3 Å². The molecule has 1 N–H and O–H groups in total. The van der Waals surface area contributed by atoms with Gasteiger partial charge in [0, 0.05) is 18.5 Å². The number of carbonyl (C=O) groups excluding carboxylic acids is 1. The molecule has 32 heavy (non-hydrogen) atoms. The Morgan fingerprint density at radius 2 is 2.03 bits per heavy atom. The Morgan fingerprint density at radius 3 is 2.78 bits per heavy atom. The number of nitrogens with zero attached hydrogens (tertiary/aromatic N) is 3. The van der Waals surface area contributed by atoms with Crippen LogP contribution in [0.4, 0.5) is 9.80 Å². The molecule has 0 aliphatic heterocycles. The highest BCUT2D eigenvalue weighted by atomic mass is 35.5. The van der Waals surface area contributed by atoms with E-state index in [1.54, 1.807) is 19.2 Å². The van der Waals surface area contributed by atoms with Gasteiger partial charge in [0.05, 0.1) is 29.4 Å². The molecule has 0 aliphatic rings. The maximum atomic E-state index is 12.4. The molecular formula is C23H23ClN4O3S. The van der Waals surface area contributed by atoms with Crippen molar-refractivity contribution in [3.63, 3.8) is 0 Å². The van der Waals surface area contributed by atoms with Gasteiger partial charge in [-0.2, -0.15) is 0 Å². The molecule has 0 unspecified atom stereocenters. The van der Waals surface area contributed by atoms with Crippen LogP contribution in [0.15, 0.2) is 36.4 Å². The summed E-state index contributed by atoms with van der Waals surface area (Å²) >= 11 is 7.39. The molecule has 0 bridgehead atoms. The topological polar surface area (TPSA) is 78.3 Å². The van der Waals surface area contributed by atoms with Crippen LogP contribution in [0.3, 0.4) is 0 Å². The van der Waals surface area contributed by atoms with Crippen molar-refractivity contribution in [3.05, 3.63) is 58.5 Å². The fourth-order valence-corrected chi connectivity index (χ4v) is 4.59. The molecule has 0 saturated heterocycles. The zero-order valence-corrected chi connectivity index (χ0v) is 19.8. The van der Waals surface area contributed by atoms with Crippen molar-refractivity contribution in [2.24, 2.45) is 7.05 Å². The van der Waals surface area contributed by atoms with Gasteiger partial charge in [0.15, 0.2) is 0 Å². The second-order valence-corrected chi connectivity index (χ2v) is 8.68. The van der Waals surface area contributed by atoms with E-state index in [0.29, 0.717) is 21.5 Å². The number of hydrogen-bond donors (Lipinski definition) is 1. The number of thiazole rings is 1. The van der Waals surface area contributed by atoms with Crippen molar-refractivity contribution in [2.75, 3.05) is 12.4 Å². The molecule has 4 rings (SSSR count). The van der Waals surface area contributed by atoms with Crippen molar-refractivity contribution in [1.29, 1.82) is 0 Å². The van der Waals surface area contributed by atoms with E-state index in [4.69, 9.17) is 21.1 Å². The fraction of sp³-hybridized carbons (Fsp3) is 0.261. The number of aromatic nitrogens is 3. The first-order chi connectivity index (χ1) is 15.4. The number of nitrogens with one attached hydrogen (secondary N) is 1. The molecule has 0 atom stereocenters. The predicted molar refractivity (Wildman–Crippen MR) is 128 cm³/mol. The highest BCUT2D eigenvalue weighted by Crippen LogP contribution is 2.38. The Hall–Kier alpha value is -3.10. The lowest BCUT2D eigenvalue weighted by atomic mass is 10.2. The summed E-state index contributed by atoms with van der Waals surface area (Å²) in [5.74, 6) is 1.64. The van der Waals surface area contributed by atoms with Gasteiger partial charge in [-0.1, -0.05) is 35.9 Å².